The SMILES string of the molecule is Cn1ccnc1COc1ccc(C(=O)/C=C/c2cn(Cc3ccccc3)nc2-c2cccnc2)cc1. The fourth-order valence-corrected chi connectivity index (χ4v) is 3.80. The summed E-state index contributed by atoms with van der Waals surface area (Å²) in [6.07, 6.45) is 12.5. The molecule has 0 bridgehead atoms. The molecule has 36 heavy (non-hydrogen) atoms. The van der Waals surface area contributed by atoms with Crippen LogP contribution in [0, 0.1) is 0 Å². The van der Waals surface area contributed by atoms with Gasteiger partial charge in [-0.3, -0.25) is 14.5 Å². The minimum atomic E-state index is -0.0985. The van der Waals surface area contributed by atoms with Gasteiger partial charge in [-0.05, 0) is 54.1 Å². The third kappa shape index (κ3) is 5.47. The van der Waals surface area contributed by atoms with Gasteiger partial charge >= 0.3 is 0 Å². The molecule has 5 rings (SSSR count). The van der Waals surface area contributed by atoms with E-state index in [2.05, 4.69) is 22.1 Å². The van der Waals surface area contributed by atoms with Crippen LogP contribution in [0.25, 0.3) is 17.3 Å². The molecule has 0 aliphatic heterocycles. The van der Waals surface area contributed by atoms with Crippen LogP contribution < -0.4 is 4.74 Å². The highest BCUT2D eigenvalue weighted by molar-refractivity contribution is 6.07. The summed E-state index contributed by atoms with van der Waals surface area (Å²) in [6, 6.07) is 21.1. The first kappa shape index (κ1) is 23.0. The second-order valence-corrected chi connectivity index (χ2v) is 8.32. The zero-order valence-electron chi connectivity index (χ0n) is 19.9. The minimum absolute atomic E-state index is 0.0985. The molecule has 0 N–H and O–H groups in total. The average molecular weight is 476 g/mol. The van der Waals surface area contributed by atoms with Crippen molar-refractivity contribution in [3.8, 4) is 17.0 Å². The molecule has 0 unspecified atom stereocenters. The summed E-state index contributed by atoms with van der Waals surface area (Å²) in [5, 5.41) is 4.78. The van der Waals surface area contributed by atoms with Crippen LogP contribution in [0.4, 0.5) is 0 Å². The summed E-state index contributed by atoms with van der Waals surface area (Å²) in [6.45, 7) is 0.996. The Balaban J connectivity index is 1.32. The Morgan fingerprint density at radius 1 is 1.00 bits per heavy atom. The molecule has 0 saturated heterocycles. The van der Waals surface area contributed by atoms with Crippen molar-refractivity contribution in [3.05, 3.63) is 126 Å². The predicted molar refractivity (Wildman–Crippen MR) is 138 cm³/mol. The summed E-state index contributed by atoms with van der Waals surface area (Å²) in [7, 11) is 1.92. The number of nitrogens with zero attached hydrogens (tertiary/aromatic N) is 5. The third-order valence-corrected chi connectivity index (χ3v) is 5.75. The summed E-state index contributed by atoms with van der Waals surface area (Å²) in [4.78, 5) is 21.4. The molecule has 0 aliphatic carbocycles. The van der Waals surface area contributed by atoms with E-state index in [1.54, 1.807) is 48.9 Å². The van der Waals surface area contributed by atoms with E-state index in [9.17, 15) is 4.79 Å². The molecule has 178 valence electrons. The van der Waals surface area contributed by atoms with Crippen molar-refractivity contribution >= 4 is 11.9 Å². The first-order valence-corrected chi connectivity index (χ1v) is 11.6. The number of carbonyl (C=O) groups is 1. The van der Waals surface area contributed by atoms with Gasteiger partial charge in [-0.25, -0.2) is 4.98 Å². The van der Waals surface area contributed by atoms with Gasteiger partial charge in [-0.15, -0.1) is 0 Å². The molecule has 0 amide bonds. The summed E-state index contributed by atoms with van der Waals surface area (Å²) in [5.74, 6) is 1.41. The molecule has 7 nitrogen and oxygen atoms in total. The fraction of sp³-hybridized carbons (Fsp3) is 0.103. The lowest BCUT2D eigenvalue weighted by Gasteiger charge is -2.06. The minimum Gasteiger partial charge on any atom is -0.486 e. The van der Waals surface area contributed by atoms with Gasteiger partial charge in [0.1, 0.15) is 23.9 Å². The van der Waals surface area contributed by atoms with E-state index in [0.717, 1.165) is 28.2 Å². The maximum Gasteiger partial charge on any atom is 0.185 e. The van der Waals surface area contributed by atoms with Crippen LogP contribution in [-0.4, -0.2) is 30.1 Å². The van der Waals surface area contributed by atoms with Crippen LogP contribution in [0.1, 0.15) is 27.3 Å². The Labute approximate surface area is 209 Å². The smallest absolute Gasteiger partial charge is 0.185 e. The molecule has 0 fully saturated rings. The number of benzene rings is 2. The Morgan fingerprint density at radius 3 is 2.56 bits per heavy atom. The van der Waals surface area contributed by atoms with Crippen molar-refractivity contribution in [1.29, 1.82) is 0 Å². The lowest BCUT2D eigenvalue weighted by atomic mass is 10.1. The number of carbonyl (C=O) groups excluding carboxylic acids is 1. The molecule has 0 aliphatic rings. The van der Waals surface area contributed by atoms with E-state index in [1.807, 2.05) is 65.1 Å². The number of pyridine rings is 1. The molecular weight excluding hydrogens is 450 g/mol. The van der Waals surface area contributed by atoms with Crippen LogP contribution >= 0.6 is 0 Å². The van der Waals surface area contributed by atoms with Crippen LogP contribution in [-0.2, 0) is 20.2 Å². The van der Waals surface area contributed by atoms with Crippen LogP contribution in [0.15, 0.2) is 104 Å². The van der Waals surface area contributed by atoms with Crippen molar-refractivity contribution in [3.63, 3.8) is 0 Å². The number of imidazole rings is 1. The monoisotopic (exact) mass is 475 g/mol. The first-order valence-electron chi connectivity index (χ1n) is 11.6. The van der Waals surface area contributed by atoms with Crippen LogP contribution in [0.2, 0.25) is 0 Å². The summed E-state index contributed by atoms with van der Waals surface area (Å²) in [5.41, 5.74) is 4.25. The topological polar surface area (TPSA) is 74.8 Å². The second-order valence-electron chi connectivity index (χ2n) is 8.32. The van der Waals surface area contributed by atoms with Crippen molar-refractivity contribution in [2.45, 2.75) is 13.2 Å². The predicted octanol–water partition coefficient (Wildman–Crippen LogP) is 5.20. The number of rotatable bonds is 9. The van der Waals surface area contributed by atoms with Crippen molar-refractivity contribution in [2.24, 2.45) is 7.05 Å². The van der Waals surface area contributed by atoms with Gasteiger partial charge in [0, 0.05) is 54.7 Å². The highest BCUT2D eigenvalue weighted by Gasteiger charge is 2.11. The zero-order chi connectivity index (χ0) is 24.7. The van der Waals surface area contributed by atoms with Gasteiger partial charge in [0.2, 0.25) is 0 Å². The third-order valence-electron chi connectivity index (χ3n) is 5.75. The number of aromatic nitrogens is 5. The van der Waals surface area contributed by atoms with Gasteiger partial charge < -0.3 is 9.30 Å². The van der Waals surface area contributed by atoms with Gasteiger partial charge in [0.25, 0.3) is 0 Å². The van der Waals surface area contributed by atoms with Crippen molar-refractivity contribution in [2.75, 3.05) is 0 Å². The number of allylic oxidation sites excluding steroid dienone is 1. The van der Waals surface area contributed by atoms with E-state index < -0.39 is 0 Å². The molecule has 5 aromatic rings. The van der Waals surface area contributed by atoms with Crippen molar-refractivity contribution < 1.29 is 9.53 Å². The number of hydrogen-bond acceptors (Lipinski definition) is 5. The normalized spacial score (nSPS) is 11.1. The van der Waals surface area contributed by atoms with Gasteiger partial charge in [0.05, 0.1) is 6.54 Å². The molecule has 3 heterocycles. The largest absolute Gasteiger partial charge is 0.486 e. The highest BCUT2D eigenvalue weighted by atomic mass is 16.5. The number of hydrogen-bond donors (Lipinski definition) is 0. The standard InChI is InChI=1S/C29H25N5O2/c1-33-17-16-31-28(33)21-36-26-12-9-23(10-13-26)27(35)14-11-25-20-34(19-22-6-3-2-4-7-22)32-29(25)24-8-5-15-30-18-24/h2-18,20H,19,21H2,1H3/b14-11+. The van der Waals surface area contributed by atoms with E-state index >= 15 is 0 Å². The van der Waals surface area contributed by atoms with Gasteiger partial charge in [-0.1, -0.05) is 30.3 Å². The van der Waals surface area contributed by atoms with E-state index in [4.69, 9.17) is 9.84 Å². The van der Waals surface area contributed by atoms with Gasteiger partial charge in [-0.2, -0.15) is 5.10 Å². The second kappa shape index (κ2) is 10.7. The van der Waals surface area contributed by atoms with E-state index in [1.165, 1.54) is 0 Å². The van der Waals surface area contributed by atoms with Gasteiger partial charge in [0.15, 0.2) is 5.78 Å². The first-order chi connectivity index (χ1) is 17.7. The molecule has 3 aromatic heterocycles. The number of ether oxygens (including phenoxy) is 1. The Kier molecular flexibility index (Phi) is 6.80. The Bertz CT molecular complexity index is 1470. The number of aryl methyl sites for hydroxylation is 1. The molecule has 0 spiro atoms. The summed E-state index contributed by atoms with van der Waals surface area (Å²) < 4.78 is 9.57. The van der Waals surface area contributed by atoms with E-state index in [-0.39, 0.29) is 5.78 Å². The maximum absolute atomic E-state index is 12.9. The molecule has 0 saturated carbocycles. The number of ketones is 1. The van der Waals surface area contributed by atoms with Crippen LogP contribution in [0.3, 0.4) is 0 Å². The molecule has 0 radical (unpaired) electrons. The Hall–Kier alpha value is -4.78. The molecular formula is C29H25N5O2. The highest BCUT2D eigenvalue weighted by Crippen LogP contribution is 2.23. The maximum atomic E-state index is 12.9. The molecule has 0 atom stereocenters. The quantitative estimate of drug-likeness (QED) is 0.216. The zero-order valence-corrected chi connectivity index (χ0v) is 19.9. The average Bonchev–Trinajstić information content (AvgIpc) is 3.52. The Morgan fingerprint density at radius 2 is 1.83 bits per heavy atom. The lowest BCUT2D eigenvalue weighted by Crippen LogP contribution is -2.03. The van der Waals surface area contributed by atoms with E-state index in [0.29, 0.717) is 24.5 Å². The molecule has 7 heteroatoms. The lowest BCUT2D eigenvalue weighted by molar-refractivity contribution is 0.104. The van der Waals surface area contributed by atoms with Crippen molar-refractivity contribution in [1.82, 2.24) is 24.3 Å². The molecule has 2 aromatic carbocycles. The fourth-order valence-electron chi connectivity index (χ4n) is 3.80. The van der Waals surface area contributed by atoms with Crippen LogP contribution in [0.5, 0.6) is 5.75 Å². The summed E-state index contributed by atoms with van der Waals surface area (Å²) >= 11 is 0.